The minimum atomic E-state index is -0.178. The van der Waals surface area contributed by atoms with Crippen LogP contribution in [0.1, 0.15) is 18.9 Å². The molecule has 0 saturated carbocycles. The van der Waals surface area contributed by atoms with E-state index in [0.717, 1.165) is 25.1 Å². The Labute approximate surface area is 84.6 Å². The van der Waals surface area contributed by atoms with Crippen LogP contribution in [-0.2, 0) is 6.54 Å². The van der Waals surface area contributed by atoms with Crippen LogP contribution in [0.25, 0.3) is 0 Å². The number of hydrogen-bond donors (Lipinski definition) is 1. The fourth-order valence-corrected chi connectivity index (χ4v) is 1.19. The second-order valence-corrected chi connectivity index (χ2v) is 3.16. The van der Waals surface area contributed by atoms with Crippen LogP contribution in [0.15, 0.2) is 36.4 Å². The zero-order valence-electron chi connectivity index (χ0n) is 8.46. The number of benzene rings is 1. The molecule has 0 radical (unpaired) electrons. The first-order valence-electron chi connectivity index (χ1n) is 4.89. The fraction of sp³-hybridized carbons (Fsp3) is 0.333. The van der Waals surface area contributed by atoms with Crippen molar-refractivity contribution < 1.29 is 4.39 Å². The Bertz CT molecular complexity index is 277. The summed E-state index contributed by atoms with van der Waals surface area (Å²) >= 11 is 0. The van der Waals surface area contributed by atoms with Crippen LogP contribution >= 0.6 is 0 Å². The monoisotopic (exact) mass is 193 g/mol. The quantitative estimate of drug-likeness (QED) is 0.560. The molecule has 76 valence electrons. The van der Waals surface area contributed by atoms with E-state index in [4.69, 9.17) is 0 Å². The molecule has 0 amide bonds. The van der Waals surface area contributed by atoms with E-state index in [0.29, 0.717) is 0 Å². The Morgan fingerprint density at radius 2 is 2.00 bits per heavy atom. The highest BCUT2D eigenvalue weighted by atomic mass is 19.1. The number of allylic oxidation sites excluding steroid dienone is 1. The fourth-order valence-electron chi connectivity index (χ4n) is 1.19. The van der Waals surface area contributed by atoms with Gasteiger partial charge in [-0.05, 0) is 37.6 Å². The van der Waals surface area contributed by atoms with E-state index < -0.39 is 0 Å². The van der Waals surface area contributed by atoms with Crippen molar-refractivity contribution in [3.63, 3.8) is 0 Å². The van der Waals surface area contributed by atoms with Gasteiger partial charge in [-0.15, -0.1) is 0 Å². The standard InChI is InChI=1S/C12H16FN/c1-2-3-4-9-14-10-11-5-7-12(13)8-6-11/h2-3,5-8,14H,4,9-10H2,1H3/b3-2+. The van der Waals surface area contributed by atoms with Crippen molar-refractivity contribution in [2.45, 2.75) is 19.9 Å². The van der Waals surface area contributed by atoms with Crippen molar-refractivity contribution in [1.82, 2.24) is 5.32 Å². The summed E-state index contributed by atoms with van der Waals surface area (Å²) in [6, 6.07) is 6.59. The highest BCUT2D eigenvalue weighted by molar-refractivity contribution is 5.15. The van der Waals surface area contributed by atoms with Crippen molar-refractivity contribution in [1.29, 1.82) is 0 Å². The summed E-state index contributed by atoms with van der Waals surface area (Å²) in [4.78, 5) is 0. The van der Waals surface area contributed by atoms with Gasteiger partial charge in [-0.2, -0.15) is 0 Å². The highest BCUT2D eigenvalue weighted by Crippen LogP contribution is 2.01. The van der Waals surface area contributed by atoms with Gasteiger partial charge in [0.05, 0.1) is 0 Å². The van der Waals surface area contributed by atoms with Gasteiger partial charge in [-0.25, -0.2) is 4.39 Å². The van der Waals surface area contributed by atoms with Gasteiger partial charge in [-0.1, -0.05) is 24.3 Å². The van der Waals surface area contributed by atoms with Crippen molar-refractivity contribution in [2.75, 3.05) is 6.54 Å². The first-order valence-corrected chi connectivity index (χ1v) is 4.89. The number of rotatable bonds is 5. The summed E-state index contributed by atoms with van der Waals surface area (Å²) in [7, 11) is 0. The van der Waals surface area contributed by atoms with Crippen LogP contribution in [-0.4, -0.2) is 6.54 Å². The van der Waals surface area contributed by atoms with Crippen molar-refractivity contribution in [3.05, 3.63) is 47.8 Å². The van der Waals surface area contributed by atoms with Gasteiger partial charge >= 0.3 is 0 Å². The normalized spacial score (nSPS) is 11.0. The predicted molar refractivity (Wildman–Crippen MR) is 57.5 cm³/mol. The molecule has 0 aliphatic rings. The lowest BCUT2D eigenvalue weighted by Gasteiger charge is -2.02. The van der Waals surface area contributed by atoms with Gasteiger partial charge in [-0.3, -0.25) is 0 Å². The summed E-state index contributed by atoms with van der Waals surface area (Å²) in [5, 5.41) is 3.28. The van der Waals surface area contributed by atoms with Gasteiger partial charge < -0.3 is 5.32 Å². The number of hydrogen-bond acceptors (Lipinski definition) is 1. The summed E-state index contributed by atoms with van der Waals surface area (Å²) in [6.07, 6.45) is 5.20. The van der Waals surface area contributed by atoms with Gasteiger partial charge in [0.25, 0.3) is 0 Å². The van der Waals surface area contributed by atoms with E-state index in [2.05, 4.69) is 11.4 Å². The number of nitrogens with one attached hydrogen (secondary N) is 1. The van der Waals surface area contributed by atoms with E-state index >= 15 is 0 Å². The first-order chi connectivity index (χ1) is 6.83. The van der Waals surface area contributed by atoms with Gasteiger partial charge in [0.15, 0.2) is 0 Å². The molecule has 0 saturated heterocycles. The maximum Gasteiger partial charge on any atom is 0.123 e. The molecule has 0 aliphatic heterocycles. The third-order valence-electron chi connectivity index (χ3n) is 1.97. The summed E-state index contributed by atoms with van der Waals surface area (Å²) < 4.78 is 12.5. The molecule has 0 fully saturated rings. The summed E-state index contributed by atoms with van der Waals surface area (Å²) in [6.45, 7) is 3.78. The van der Waals surface area contributed by atoms with Gasteiger partial charge in [0.1, 0.15) is 5.82 Å². The van der Waals surface area contributed by atoms with E-state index in [1.807, 2.05) is 13.0 Å². The van der Waals surface area contributed by atoms with Crippen LogP contribution in [0.4, 0.5) is 4.39 Å². The second kappa shape index (κ2) is 6.33. The predicted octanol–water partition coefficient (Wildman–Crippen LogP) is 2.88. The molecule has 0 heterocycles. The molecule has 2 heteroatoms. The molecule has 0 aromatic heterocycles. The van der Waals surface area contributed by atoms with E-state index in [9.17, 15) is 4.39 Å². The zero-order chi connectivity index (χ0) is 10.2. The van der Waals surface area contributed by atoms with Gasteiger partial charge in [0, 0.05) is 6.54 Å². The second-order valence-electron chi connectivity index (χ2n) is 3.16. The lowest BCUT2D eigenvalue weighted by Crippen LogP contribution is -2.13. The van der Waals surface area contributed by atoms with E-state index in [-0.39, 0.29) is 5.82 Å². The van der Waals surface area contributed by atoms with Crippen LogP contribution in [0.3, 0.4) is 0 Å². The van der Waals surface area contributed by atoms with Crippen molar-refractivity contribution in [3.8, 4) is 0 Å². The topological polar surface area (TPSA) is 12.0 Å². The smallest absolute Gasteiger partial charge is 0.123 e. The first kappa shape index (κ1) is 10.9. The van der Waals surface area contributed by atoms with Gasteiger partial charge in [0.2, 0.25) is 0 Å². The minimum Gasteiger partial charge on any atom is -0.312 e. The third-order valence-corrected chi connectivity index (χ3v) is 1.97. The van der Waals surface area contributed by atoms with Crippen LogP contribution in [0, 0.1) is 5.82 Å². The largest absolute Gasteiger partial charge is 0.312 e. The molecule has 14 heavy (non-hydrogen) atoms. The number of halogens is 1. The third kappa shape index (κ3) is 4.19. The molecule has 0 spiro atoms. The molecular formula is C12H16FN. The Morgan fingerprint density at radius 3 is 2.64 bits per heavy atom. The molecule has 0 aliphatic carbocycles. The zero-order valence-corrected chi connectivity index (χ0v) is 8.46. The minimum absolute atomic E-state index is 0.178. The molecule has 0 atom stereocenters. The summed E-state index contributed by atoms with van der Waals surface area (Å²) in [5.74, 6) is -0.178. The van der Waals surface area contributed by atoms with Crippen molar-refractivity contribution in [2.24, 2.45) is 0 Å². The lowest BCUT2D eigenvalue weighted by molar-refractivity contribution is 0.625. The maximum absolute atomic E-state index is 12.5. The Morgan fingerprint density at radius 1 is 1.29 bits per heavy atom. The molecule has 1 aromatic rings. The summed E-state index contributed by atoms with van der Waals surface area (Å²) in [5.41, 5.74) is 1.12. The molecule has 1 N–H and O–H groups in total. The van der Waals surface area contributed by atoms with Crippen LogP contribution in [0.5, 0.6) is 0 Å². The van der Waals surface area contributed by atoms with Crippen molar-refractivity contribution >= 4 is 0 Å². The Hall–Kier alpha value is -1.15. The highest BCUT2D eigenvalue weighted by Gasteiger charge is 1.92. The maximum atomic E-state index is 12.5. The van der Waals surface area contributed by atoms with Crippen LogP contribution in [0.2, 0.25) is 0 Å². The Balaban J connectivity index is 2.21. The molecule has 1 nitrogen and oxygen atoms in total. The van der Waals surface area contributed by atoms with E-state index in [1.54, 1.807) is 12.1 Å². The van der Waals surface area contributed by atoms with E-state index in [1.165, 1.54) is 12.1 Å². The average molecular weight is 193 g/mol. The lowest BCUT2D eigenvalue weighted by atomic mass is 10.2. The molecule has 1 aromatic carbocycles. The molecule has 1 rings (SSSR count). The SMILES string of the molecule is C/C=C/CCNCc1ccc(F)cc1. The van der Waals surface area contributed by atoms with Crippen LogP contribution < -0.4 is 5.32 Å². The Kier molecular flexibility index (Phi) is 4.94. The average Bonchev–Trinajstić information content (AvgIpc) is 2.21. The molecule has 0 unspecified atom stereocenters. The molecular weight excluding hydrogens is 177 g/mol. The molecule has 0 bridgehead atoms.